The second kappa shape index (κ2) is 5.79. The first kappa shape index (κ1) is 13.5. The third-order valence-electron chi connectivity index (χ3n) is 2.44. The van der Waals surface area contributed by atoms with Crippen molar-refractivity contribution in [1.29, 1.82) is 0 Å². The lowest BCUT2D eigenvalue weighted by Crippen LogP contribution is -2.26. The maximum atomic E-state index is 12.0. The van der Waals surface area contributed by atoms with Crippen molar-refractivity contribution in [3.05, 3.63) is 49.5 Å². The summed E-state index contributed by atoms with van der Waals surface area (Å²) in [6, 6.07) is 7.47. The molecule has 1 atom stereocenters. The molecular weight excluding hydrogens is 359 g/mol. The van der Waals surface area contributed by atoms with Crippen LogP contribution in [-0.2, 0) is 0 Å². The highest BCUT2D eigenvalue weighted by Gasteiger charge is 2.13. The number of hydrogen-bond donors (Lipinski definition) is 1. The molecule has 0 spiro atoms. The summed E-state index contributed by atoms with van der Waals surface area (Å²) in [5, 5.41) is 3.90. The lowest BCUT2D eigenvalue weighted by molar-refractivity contribution is 0.0940. The predicted octanol–water partition coefficient (Wildman–Crippen LogP) is 3.55. The number of carbonyl (C=O) groups is 1. The zero-order valence-corrected chi connectivity index (χ0v) is 13.1. The number of nitrogens with one attached hydrogen (secondary N) is 1. The zero-order valence-electron chi connectivity index (χ0n) is 10.1. The molecule has 0 bridgehead atoms. The number of thiazole rings is 1. The van der Waals surface area contributed by atoms with Gasteiger partial charge in [-0.05, 0) is 54.6 Å². The minimum Gasteiger partial charge on any atom is -0.343 e. The molecule has 94 valence electrons. The molecule has 3 nitrogen and oxygen atoms in total. The highest BCUT2D eigenvalue weighted by atomic mass is 127. The van der Waals surface area contributed by atoms with Gasteiger partial charge in [0.05, 0.1) is 6.04 Å². The molecule has 5 heteroatoms. The average Bonchev–Trinajstić information content (AvgIpc) is 2.76. The van der Waals surface area contributed by atoms with Gasteiger partial charge in [0.1, 0.15) is 5.01 Å². The van der Waals surface area contributed by atoms with Gasteiger partial charge in [-0.15, -0.1) is 11.3 Å². The largest absolute Gasteiger partial charge is 0.343 e. The van der Waals surface area contributed by atoms with Gasteiger partial charge in [0.2, 0.25) is 0 Å². The Morgan fingerprint density at radius 1 is 1.50 bits per heavy atom. The number of nitrogens with zero attached hydrogens (tertiary/aromatic N) is 1. The monoisotopic (exact) mass is 372 g/mol. The maximum absolute atomic E-state index is 12.0. The van der Waals surface area contributed by atoms with Crippen LogP contribution in [0.3, 0.4) is 0 Å². The van der Waals surface area contributed by atoms with E-state index in [0.29, 0.717) is 5.56 Å². The lowest BCUT2D eigenvalue weighted by atomic mass is 10.2. The molecule has 0 saturated heterocycles. The number of carbonyl (C=O) groups excluding carboxylic acids is 1. The molecule has 0 aliphatic heterocycles. The highest BCUT2D eigenvalue weighted by molar-refractivity contribution is 14.1. The van der Waals surface area contributed by atoms with Crippen LogP contribution < -0.4 is 5.32 Å². The van der Waals surface area contributed by atoms with Crippen molar-refractivity contribution in [2.75, 3.05) is 0 Å². The Morgan fingerprint density at radius 3 is 2.89 bits per heavy atom. The Labute approximate surface area is 124 Å². The number of aryl methyl sites for hydroxylation is 1. The molecule has 0 aliphatic rings. The average molecular weight is 372 g/mol. The van der Waals surface area contributed by atoms with Crippen LogP contribution >= 0.6 is 33.9 Å². The summed E-state index contributed by atoms with van der Waals surface area (Å²) in [5.74, 6) is -0.0612. The van der Waals surface area contributed by atoms with Gasteiger partial charge in [-0.2, -0.15) is 0 Å². The van der Waals surface area contributed by atoms with Crippen LogP contribution in [0.2, 0.25) is 0 Å². The first-order valence-corrected chi connectivity index (χ1v) is 7.44. The van der Waals surface area contributed by atoms with Gasteiger partial charge in [0.15, 0.2) is 0 Å². The number of hydrogen-bond acceptors (Lipinski definition) is 3. The fourth-order valence-corrected chi connectivity index (χ4v) is 2.86. The lowest BCUT2D eigenvalue weighted by Gasteiger charge is -2.11. The molecule has 18 heavy (non-hydrogen) atoms. The van der Waals surface area contributed by atoms with Crippen LogP contribution in [0.1, 0.15) is 33.2 Å². The molecule has 1 heterocycles. The standard InChI is InChI=1S/C13H13IN2OS/c1-8-7-15-13(18-8)9(2)16-12(17)10-4-3-5-11(14)6-10/h3-7,9H,1-2H3,(H,16,17). The van der Waals surface area contributed by atoms with E-state index in [4.69, 9.17) is 0 Å². The van der Waals surface area contributed by atoms with Gasteiger partial charge in [0.25, 0.3) is 5.91 Å². The van der Waals surface area contributed by atoms with Crippen LogP contribution in [0.5, 0.6) is 0 Å². The molecule has 1 amide bonds. The van der Waals surface area contributed by atoms with E-state index >= 15 is 0 Å². The maximum Gasteiger partial charge on any atom is 0.251 e. The van der Waals surface area contributed by atoms with E-state index in [-0.39, 0.29) is 11.9 Å². The van der Waals surface area contributed by atoms with E-state index in [1.807, 2.05) is 44.3 Å². The van der Waals surface area contributed by atoms with Crippen molar-refractivity contribution < 1.29 is 4.79 Å². The fraction of sp³-hybridized carbons (Fsp3) is 0.231. The fourth-order valence-electron chi connectivity index (χ4n) is 1.54. The molecule has 1 N–H and O–H groups in total. The van der Waals surface area contributed by atoms with Gasteiger partial charge in [-0.3, -0.25) is 4.79 Å². The molecule has 0 radical (unpaired) electrons. The quantitative estimate of drug-likeness (QED) is 0.838. The number of amides is 1. The minimum atomic E-state index is -0.0612. The van der Waals surface area contributed by atoms with Gasteiger partial charge in [0, 0.05) is 20.2 Å². The van der Waals surface area contributed by atoms with E-state index < -0.39 is 0 Å². The summed E-state index contributed by atoms with van der Waals surface area (Å²) < 4.78 is 1.05. The topological polar surface area (TPSA) is 42.0 Å². The Kier molecular flexibility index (Phi) is 4.34. The predicted molar refractivity (Wildman–Crippen MR) is 81.9 cm³/mol. The second-order valence-electron chi connectivity index (χ2n) is 4.01. The molecule has 1 unspecified atom stereocenters. The Bertz CT molecular complexity index is 568. The Hall–Kier alpha value is -0.950. The normalized spacial score (nSPS) is 12.2. The molecule has 1 aromatic heterocycles. The minimum absolute atomic E-state index is 0.0610. The molecule has 2 rings (SSSR count). The van der Waals surface area contributed by atoms with E-state index in [2.05, 4.69) is 32.9 Å². The van der Waals surface area contributed by atoms with Crippen molar-refractivity contribution in [3.8, 4) is 0 Å². The SMILES string of the molecule is Cc1cnc(C(C)NC(=O)c2cccc(I)c2)s1. The summed E-state index contributed by atoms with van der Waals surface area (Å²) >= 11 is 3.81. The summed E-state index contributed by atoms with van der Waals surface area (Å²) in [6.45, 7) is 3.96. The summed E-state index contributed by atoms with van der Waals surface area (Å²) in [4.78, 5) is 17.5. The third kappa shape index (κ3) is 3.29. The number of benzene rings is 1. The number of halogens is 1. The molecule has 1 aromatic carbocycles. The first-order chi connectivity index (χ1) is 8.56. The summed E-state index contributed by atoms with van der Waals surface area (Å²) in [7, 11) is 0. The van der Waals surface area contributed by atoms with Crippen LogP contribution in [-0.4, -0.2) is 10.9 Å². The van der Waals surface area contributed by atoms with Crippen molar-refractivity contribution in [1.82, 2.24) is 10.3 Å². The summed E-state index contributed by atoms with van der Waals surface area (Å²) in [5.41, 5.74) is 0.682. The van der Waals surface area contributed by atoms with E-state index in [1.54, 1.807) is 11.3 Å². The van der Waals surface area contributed by atoms with Crippen molar-refractivity contribution in [2.45, 2.75) is 19.9 Å². The van der Waals surface area contributed by atoms with Crippen molar-refractivity contribution in [3.63, 3.8) is 0 Å². The van der Waals surface area contributed by atoms with Crippen LogP contribution in [0.25, 0.3) is 0 Å². The van der Waals surface area contributed by atoms with Gasteiger partial charge < -0.3 is 5.32 Å². The van der Waals surface area contributed by atoms with Crippen LogP contribution in [0.15, 0.2) is 30.5 Å². The highest BCUT2D eigenvalue weighted by Crippen LogP contribution is 2.19. The number of rotatable bonds is 3. The molecule has 0 aliphatic carbocycles. The van der Waals surface area contributed by atoms with E-state index in [9.17, 15) is 4.79 Å². The van der Waals surface area contributed by atoms with Crippen molar-refractivity contribution >= 4 is 39.8 Å². The zero-order chi connectivity index (χ0) is 13.1. The van der Waals surface area contributed by atoms with Gasteiger partial charge >= 0.3 is 0 Å². The van der Waals surface area contributed by atoms with Crippen LogP contribution in [0.4, 0.5) is 0 Å². The second-order valence-corrected chi connectivity index (χ2v) is 6.53. The molecule has 0 saturated carbocycles. The molecular formula is C13H13IN2OS. The van der Waals surface area contributed by atoms with Gasteiger partial charge in [-0.1, -0.05) is 6.07 Å². The first-order valence-electron chi connectivity index (χ1n) is 5.55. The van der Waals surface area contributed by atoms with Gasteiger partial charge in [-0.25, -0.2) is 4.98 Å². The number of aromatic nitrogens is 1. The van der Waals surface area contributed by atoms with E-state index in [1.165, 1.54) is 0 Å². The van der Waals surface area contributed by atoms with E-state index in [0.717, 1.165) is 13.5 Å². The third-order valence-corrected chi connectivity index (χ3v) is 4.21. The van der Waals surface area contributed by atoms with Crippen molar-refractivity contribution in [2.24, 2.45) is 0 Å². The molecule has 0 fully saturated rings. The summed E-state index contributed by atoms with van der Waals surface area (Å²) in [6.07, 6.45) is 1.83. The Morgan fingerprint density at radius 2 is 2.28 bits per heavy atom. The smallest absolute Gasteiger partial charge is 0.251 e. The van der Waals surface area contributed by atoms with Crippen LogP contribution in [0, 0.1) is 10.5 Å². The molecule has 2 aromatic rings. The Balaban J connectivity index is 2.08.